The highest BCUT2D eigenvalue weighted by molar-refractivity contribution is 5.82. The summed E-state index contributed by atoms with van der Waals surface area (Å²) >= 11 is 0. The van der Waals surface area contributed by atoms with Crippen LogP contribution >= 0.6 is 0 Å². The van der Waals surface area contributed by atoms with Gasteiger partial charge in [-0.1, -0.05) is 32.1 Å². The van der Waals surface area contributed by atoms with E-state index in [4.69, 9.17) is 9.47 Å². The number of methoxy groups -OCH3 is 1. The second kappa shape index (κ2) is 4.90. The van der Waals surface area contributed by atoms with Gasteiger partial charge in [0.1, 0.15) is 11.7 Å². The third-order valence-corrected chi connectivity index (χ3v) is 9.67. The molecule has 0 unspecified atom stereocenters. The van der Waals surface area contributed by atoms with Crippen LogP contribution in [0.5, 0.6) is 11.5 Å². The maximum absolute atomic E-state index is 13.4. The first-order valence-electron chi connectivity index (χ1n) is 11.4. The number of fused-ring (bicyclic) bond motifs is 1. The van der Waals surface area contributed by atoms with Crippen molar-refractivity contribution in [2.75, 3.05) is 13.7 Å². The van der Waals surface area contributed by atoms with Crippen molar-refractivity contribution in [3.8, 4) is 11.5 Å². The summed E-state index contributed by atoms with van der Waals surface area (Å²) < 4.78 is 13.0. The summed E-state index contributed by atoms with van der Waals surface area (Å²) in [7, 11) is 1.79. The molecule has 5 atom stereocenters. The molecule has 5 aliphatic carbocycles. The Bertz CT molecular complexity index is 1040. The summed E-state index contributed by atoms with van der Waals surface area (Å²) in [5.41, 5.74) is 1.30. The van der Waals surface area contributed by atoms with E-state index < -0.39 is 5.60 Å². The van der Waals surface area contributed by atoms with Crippen LogP contribution in [0.2, 0.25) is 0 Å². The molecule has 8 rings (SSSR count). The first-order valence-corrected chi connectivity index (χ1v) is 11.4. The third kappa shape index (κ3) is 1.56. The molecule has 1 saturated heterocycles. The molecule has 1 aromatic carbocycles. The summed E-state index contributed by atoms with van der Waals surface area (Å²) in [6.07, 6.45) is 9.17. The Labute approximate surface area is 177 Å². The Morgan fingerprint density at radius 1 is 1.27 bits per heavy atom. The number of likely N-dealkylation sites (tertiary alicyclic amines) is 1. The van der Waals surface area contributed by atoms with E-state index >= 15 is 0 Å². The fraction of sp³-hybridized carbons (Fsp3) is 0.640. The van der Waals surface area contributed by atoms with Crippen LogP contribution in [0.25, 0.3) is 0 Å². The van der Waals surface area contributed by atoms with E-state index in [9.17, 15) is 9.90 Å². The van der Waals surface area contributed by atoms with Crippen LogP contribution in [-0.4, -0.2) is 47.3 Å². The number of benzene rings is 1. The van der Waals surface area contributed by atoms with Crippen LogP contribution in [0, 0.1) is 16.7 Å². The Hall–Kier alpha value is -2.01. The van der Waals surface area contributed by atoms with Crippen LogP contribution in [-0.2, 0) is 21.4 Å². The Morgan fingerprint density at radius 3 is 2.77 bits per heavy atom. The topological polar surface area (TPSA) is 59.0 Å². The molecule has 1 amide bonds. The molecule has 0 aromatic heterocycles. The normalized spacial score (nSPS) is 43.4. The molecular formula is C25H29NO4. The molecule has 2 heterocycles. The first kappa shape index (κ1) is 17.6. The standard InChI is InChI=1S/C25H29NO4/c1-22(2)13-23-8-9-25(22,29-3)21-24(23)10-11-26(20(28)14-4-5-14)17(23)12-15-6-7-16(27)19(30-21)18(15)24/h6-9,14,17,21,27H,4-5,10-13H2,1-3H3/t17-,21-,23-,24+,25-/m1/s1. The molecule has 2 saturated carbocycles. The van der Waals surface area contributed by atoms with Crippen LogP contribution in [0.15, 0.2) is 24.3 Å². The lowest BCUT2D eigenvalue weighted by molar-refractivity contribution is -0.241. The van der Waals surface area contributed by atoms with Gasteiger partial charge < -0.3 is 19.5 Å². The fourth-order valence-corrected chi connectivity index (χ4v) is 8.37. The monoisotopic (exact) mass is 407 g/mol. The number of hydrogen-bond donors (Lipinski definition) is 1. The number of ether oxygens (including phenoxy) is 2. The van der Waals surface area contributed by atoms with Crippen molar-refractivity contribution in [1.29, 1.82) is 0 Å². The zero-order valence-corrected chi connectivity index (χ0v) is 17.9. The molecule has 7 aliphatic rings. The van der Waals surface area contributed by atoms with Gasteiger partial charge in [0, 0.05) is 42.0 Å². The minimum Gasteiger partial charge on any atom is -0.504 e. The minimum absolute atomic E-state index is 0.138. The van der Waals surface area contributed by atoms with Crippen LogP contribution in [0.1, 0.15) is 50.7 Å². The Kier molecular flexibility index (Phi) is 2.88. The number of hydrogen-bond acceptors (Lipinski definition) is 4. The van der Waals surface area contributed by atoms with E-state index in [1.165, 1.54) is 11.1 Å². The van der Waals surface area contributed by atoms with Gasteiger partial charge in [-0.15, -0.1) is 0 Å². The van der Waals surface area contributed by atoms with Gasteiger partial charge in [0.2, 0.25) is 5.91 Å². The molecular weight excluding hydrogens is 378 g/mol. The van der Waals surface area contributed by atoms with Gasteiger partial charge in [0.15, 0.2) is 11.5 Å². The van der Waals surface area contributed by atoms with Gasteiger partial charge in [0.05, 0.1) is 5.41 Å². The third-order valence-electron chi connectivity index (χ3n) is 9.67. The Morgan fingerprint density at radius 2 is 2.07 bits per heavy atom. The maximum atomic E-state index is 13.4. The predicted molar refractivity (Wildman–Crippen MR) is 110 cm³/mol. The van der Waals surface area contributed by atoms with Crippen molar-refractivity contribution in [3.63, 3.8) is 0 Å². The first-order chi connectivity index (χ1) is 14.3. The van der Waals surface area contributed by atoms with Crippen molar-refractivity contribution in [1.82, 2.24) is 4.90 Å². The quantitative estimate of drug-likeness (QED) is 0.764. The average Bonchev–Trinajstić information content (AvgIpc) is 3.49. The zero-order valence-electron chi connectivity index (χ0n) is 17.9. The van der Waals surface area contributed by atoms with Gasteiger partial charge in [-0.2, -0.15) is 0 Å². The second-order valence-electron chi connectivity index (χ2n) is 11.1. The smallest absolute Gasteiger partial charge is 0.225 e. The number of carbonyl (C=O) groups excluding carboxylic acids is 1. The molecule has 3 fully saturated rings. The molecule has 0 radical (unpaired) electrons. The maximum Gasteiger partial charge on any atom is 0.225 e. The van der Waals surface area contributed by atoms with Gasteiger partial charge >= 0.3 is 0 Å². The largest absolute Gasteiger partial charge is 0.504 e. The lowest BCUT2D eigenvalue weighted by Crippen LogP contribution is -2.81. The van der Waals surface area contributed by atoms with Gasteiger partial charge in [-0.25, -0.2) is 0 Å². The number of phenols is 1. The molecule has 2 aliphatic heterocycles. The second-order valence-corrected chi connectivity index (χ2v) is 11.1. The summed E-state index contributed by atoms with van der Waals surface area (Å²) in [6.45, 7) is 5.32. The van der Waals surface area contributed by atoms with Crippen LogP contribution in [0.3, 0.4) is 0 Å². The number of piperidine rings is 1. The molecule has 30 heavy (non-hydrogen) atoms. The Balaban J connectivity index is 1.54. The minimum atomic E-state index is -0.554. The number of nitrogens with zero attached hydrogens (tertiary/aromatic N) is 1. The van der Waals surface area contributed by atoms with Gasteiger partial charge in [-0.05, 0) is 43.7 Å². The van der Waals surface area contributed by atoms with Gasteiger partial charge in [-0.3, -0.25) is 4.79 Å². The number of phenolic OH excluding ortho intramolecular Hbond substituents is 1. The summed E-state index contributed by atoms with van der Waals surface area (Å²) in [5, 5.41) is 10.8. The van der Waals surface area contributed by atoms with Crippen molar-refractivity contribution in [2.45, 2.75) is 69.1 Å². The lowest BCUT2D eigenvalue weighted by atomic mass is 9.34. The van der Waals surface area contributed by atoms with Crippen LogP contribution in [0.4, 0.5) is 0 Å². The molecule has 5 nitrogen and oxygen atoms in total. The highest BCUT2D eigenvalue weighted by Gasteiger charge is 2.81. The van der Waals surface area contributed by atoms with Gasteiger partial charge in [0.25, 0.3) is 0 Å². The molecule has 5 heteroatoms. The fourth-order valence-electron chi connectivity index (χ4n) is 8.37. The van der Waals surface area contributed by atoms with E-state index in [0.717, 1.165) is 38.6 Å². The molecule has 1 aromatic rings. The van der Waals surface area contributed by atoms with Crippen molar-refractivity contribution < 1.29 is 19.4 Å². The summed E-state index contributed by atoms with van der Waals surface area (Å²) in [4.78, 5) is 15.6. The molecule has 2 spiro atoms. The molecule has 4 bridgehead atoms. The number of carbonyl (C=O) groups is 1. The number of rotatable bonds is 2. The van der Waals surface area contributed by atoms with Crippen LogP contribution < -0.4 is 4.74 Å². The van der Waals surface area contributed by atoms with Crippen molar-refractivity contribution in [3.05, 3.63) is 35.4 Å². The lowest BCUT2D eigenvalue weighted by Gasteiger charge is -2.73. The molecule has 158 valence electrons. The SMILES string of the molecule is CO[C@@]12C=C[C@@]3(CC1(C)C)[C@H]1Cc4ccc(O)c5c4[C@@]3(CCN1C(=O)C1CC1)[C@H]2O5. The highest BCUT2D eigenvalue weighted by atomic mass is 16.6. The highest BCUT2D eigenvalue weighted by Crippen LogP contribution is 2.76. The van der Waals surface area contributed by atoms with E-state index in [1.807, 2.05) is 0 Å². The van der Waals surface area contributed by atoms with E-state index in [2.05, 4.69) is 37.0 Å². The predicted octanol–water partition coefficient (Wildman–Crippen LogP) is 3.33. The van der Waals surface area contributed by atoms with E-state index in [1.54, 1.807) is 13.2 Å². The summed E-state index contributed by atoms with van der Waals surface area (Å²) in [6, 6.07) is 3.96. The average molecular weight is 408 g/mol. The number of amides is 1. The van der Waals surface area contributed by atoms with Crippen molar-refractivity contribution >= 4 is 5.91 Å². The zero-order chi connectivity index (χ0) is 20.7. The number of aromatic hydroxyl groups is 1. The molecule has 1 N–H and O–H groups in total. The summed E-state index contributed by atoms with van der Waals surface area (Å²) in [5.74, 6) is 1.46. The van der Waals surface area contributed by atoms with E-state index in [-0.39, 0.29) is 40.1 Å². The van der Waals surface area contributed by atoms with E-state index in [0.29, 0.717) is 11.7 Å². The van der Waals surface area contributed by atoms with Crippen molar-refractivity contribution in [2.24, 2.45) is 16.7 Å².